The van der Waals surface area contributed by atoms with Crippen molar-refractivity contribution in [1.29, 1.82) is 0 Å². The normalized spacial score (nSPS) is 20.0. The van der Waals surface area contributed by atoms with Crippen LogP contribution in [-0.4, -0.2) is 29.0 Å². The Morgan fingerprint density at radius 3 is 2.90 bits per heavy atom. The van der Waals surface area contributed by atoms with Crippen molar-refractivity contribution in [3.8, 4) is 0 Å². The van der Waals surface area contributed by atoms with Gasteiger partial charge in [-0.2, -0.15) is 0 Å². The number of anilines is 1. The number of nitro groups is 1. The predicted octanol–water partition coefficient (Wildman–Crippen LogP) is 3.79. The number of nitrogens with zero attached hydrogens (tertiary/aromatic N) is 2. The summed E-state index contributed by atoms with van der Waals surface area (Å²) in [7, 11) is 0. The van der Waals surface area contributed by atoms with Crippen LogP contribution in [0.15, 0.2) is 18.2 Å². The minimum atomic E-state index is -0.298. The van der Waals surface area contributed by atoms with Gasteiger partial charge in [0, 0.05) is 25.2 Å². The summed E-state index contributed by atoms with van der Waals surface area (Å²) >= 11 is 0. The number of nitro benzene ring substituents is 1. The van der Waals surface area contributed by atoms with Gasteiger partial charge in [0.2, 0.25) is 0 Å². The highest BCUT2D eigenvalue weighted by atomic mass is 16.6. The number of hydrogen-bond acceptors (Lipinski definition) is 4. The Morgan fingerprint density at radius 1 is 1.38 bits per heavy atom. The monoisotopic (exact) mass is 291 g/mol. The highest BCUT2D eigenvalue weighted by Crippen LogP contribution is 2.30. The Labute approximate surface area is 126 Å². The van der Waals surface area contributed by atoms with Crippen LogP contribution in [0.2, 0.25) is 0 Å². The maximum Gasteiger partial charge on any atom is 0.292 e. The minimum absolute atomic E-state index is 0.178. The molecule has 1 aliphatic rings. The van der Waals surface area contributed by atoms with Crippen molar-refractivity contribution in [2.45, 2.75) is 52.1 Å². The van der Waals surface area contributed by atoms with Crippen LogP contribution in [0.4, 0.5) is 11.4 Å². The van der Waals surface area contributed by atoms with E-state index < -0.39 is 0 Å². The van der Waals surface area contributed by atoms with E-state index in [1.807, 2.05) is 13.0 Å². The number of benzene rings is 1. The van der Waals surface area contributed by atoms with E-state index in [9.17, 15) is 10.1 Å². The zero-order valence-corrected chi connectivity index (χ0v) is 13.0. The SMILES string of the molecule is CCNc1c(CN2CCCCCC2C)cccc1[N+](=O)[O-]. The molecule has 1 aromatic carbocycles. The Balaban J connectivity index is 2.25. The van der Waals surface area contributed by atoms with Gasteiger partial charge in [0.05, 0.1) is 4.92 Å². The van der Waals surface area contributed by atoms with Gasteiger partial charge in [0.1, 0.15) is 5.69 Å². The van der Waals surface area contributed by atoms with Crippen molar-refractivity contribution in [3.05, 3.63) is 33.9 Å². The summed E-state index contributed by atoms with van der Waals surface area (Å²) in [4.78, 5) is 13.4. The first-order valence-corrected chi connectivity index (χ1v) is 7.87. The molecule has 0 amide bonds. The van der Waals surface area contributed by atoms with Crippen LogP contribution in [0.3, 0.4) is 0 Å². The largest absolute Gasteiger partial charge is 0.380 e. The van der Waals surface area contributed by atoms with Gasteiger partial charge in [-0.15, -0.1) is 0 Å². The first-order valence-electron chi connectivity index (χ1n) is 7.87. The molecule has 0 saturated carbocycles. The predicted molar refractivity (Wildman–Crippen MR) is 85.6 cm³/mol. The summed E-state index contributed by atoms with van der Waals surface area (Å²) in [6, 6.07) is 5.91. The molecule has 1 atom stereocenters. The summed E-state index contributed by atoms with van der Waals surface area (Å²) < 4.78 is 0. The first-order chi connectivity index (χ1) is 10.1. The molecule has 2 rings (SSSR count). The van der Waals surface area contributed by atoms with Crippen molar-refractivity contribution in [3.63, 3.8) is 0 Å². The number of rotatable bonds is 5. The number of hydrogen-bond donors (Lipinski definition) is 1. The number of likely N-dealkylation sites (tertiary alicyclic amines) is 1. The summed E-state index contributed by atoms with van der Waals surface area (Å²) in [6.45, 7) is 6.78. The molecule has 0 aromatic heterocycles. The zero-order valence-electron chi connectivity index (χ0n) is 13.0. The lowest BCUT2D eigenvalue weighted by Gasteiger charge is -2.27. The van der Waals surface area contributed by atoms with Crippen molar-refractivity contribution in [1.82, 2.24) is 4.90 Å². The second-order valence-corrected chi connectivity index (χ2v) is 5.77. The van der Waals surface area contributed by atoms with E-state index in [0.717, 1.165) is 18.7 Å². The maximum atomic E-state index is 11.2. The van der Waals surface area contributed by atoms with Crippen LogP contribution in [0.25, 0.3) is 0 Å². The fourth-order valence-electron chi connectivity index (χ4n) is 3.04. The summed E-state index contributed by atoms with van der Waals surface area (Å²) in [5.41, 5.74) is 1.89. The molecule has 1 N–H and O–H groups in total. The van der Waals surface area contributed by atoms with E-state index >= 15 is 0 Å². The van der Waals surface area contributed by atoms with Gasteiger partial charge < -0.3 is 5.32 Å². The molecule has 0 spiro atoms. The second kappa shape index (κ2) is 7.41. The molecule has 1 heterocycles. The molecule has 5 heteroatoms. The third-order valence-electron chi connectivity index (χ3n) is 4.24. The van der Waals surface area contributed by atoms with Gasteiger partial charge >= 0.3 is 0 Å². The quantitative estimate of drug-likeness (QED) is 0.662. The van der Waals surface area contributed by atoms with E-state index in [4.69, 9.17) is 0 Å². The van der Waals surface area contributed by atoms with Crippen molar-refractivity contribution in [2.75, 3.05) is 18.4 Å². The van der Waals surface area contributed by atoms with Crippen LogP contribution in [0.1, 0.15) is 45.1 Å². The first kappa shape index (κ1) is 15.8. The standard InChI is InChI=1S/C16H25N3O2/c1-3-17-16-14(9-7-10-15(16)19(20)21)12-18-11-6-4-5-8-13(18)2/h7,9-10,13,17H,3-6,8,11-12H2,1-2H3. The smallest absolute Gasteiger partial charge is 0.292 e. The fourth-order valence-corrected chi connectivity index (χ4v) is 3.04. The van der Waals surface area contributed by atoms with Crippen molar-refractivity contribution < 1.29 is 4.92 Å². The Bertz CT molecular complexity index is 490. The lowest BCUT2D eigenvalue weighted by atomic mass is 10.1. The van der Waals surface area contributed by atoms with Crippen LogP contribution in [0, 0.1) is 10.1 Å². The molecule has 0 bridgehead atoms. The highest BCUT2D eigenvalue weighted by molar-refractivity contribution is 5.66. The molecule has 1 aromatic rings. The molecule has 0 radical (unpaired) electrons. The summed E-state index contributed by atoms with van der Waals surface area (Å²) in [5.74, 6) is 0. The third kappa shape index (κ3) is 3.94. The average molecular weight is 291 g/mol. The minimum Gasteiger partial charge on any atom is -0.380 e. The van der Waals surface area contributed by atoms with E-state index in [0.29, 0.717) is 18.3 Å². The second-order valence-electron chi connectivity index (χ2n) is 5.77. The lowest BCUT2D eigenvalue weighted by molar-refractivity contribution is -0.384. The van der Waals surface area contributed by atoms with Crippen LogP contribution in [-0.2, 0) is 6.54 Å². The molecule has 5 nitrogen and oxygen atoms in total. The molecular weight excluding hydrogens is 266 g/mol. The molecule has 1 aliphatic heterocycles. The number of para-hydroxylation sites is 1. The molecule has 1 saturated heterocycles. The van der Waals surface area contributed by atoms with Crippen LogP contribution < -0.4 is 5.32 Å². The molecule has 21 heavy (non-hydrogen) atoms. The van der Waals surface area contributed by atoms with Gasteiger partial charge in [-0.3, -0.25) is 15.0 Å². The zero-order chi connectivity index (χ0) is 15.2. The van der Waals surface area contributed by atoms with Crippen molar-refractivity contribution >= 4 is 11.4 Å². The van der Waals surface area contributed by atoms with Gasteiger partial charge in [0.15, 0.2) is 0 Å². The maximum absolute atomic E-state index is 11.2. The van der Waals surface area contributed by atoms with E-state index in [-0.39, 0.29) is 10.6 Å². The number of nitrogens with one attached hydrogen (secondary N) is 1. The molecular formula is C16H25N3O2. The fraction of sp³-hybridized carbons (Fsp3) is 0.625. The molecule has 1 unspecified atom stereocenters. The third-order valence-corrected chi connectivity index (χ3v) is 4.24. The highest BCUT2D eigenvalue weighted by Gasteiger charge is 2.21. The summed E-state index contributed by atoms with van der Waals surface area (Å²) in [6.07, 6.45) is 5.00. The Kier molecular flexibility index (Phi) is 5.56. The topological polar surface area (TPSA) is 58.4 Å². The van der Waals surface area contributed by atoms with Gasteiger partial charge in [0.25, 0.3) is 5.69 Å². The van der Waals surface area contributed by atoms with Gasteiger partial charge in [-0.25, -0.2) is 0 Å². The van der Waals surface area contributed by atoms with Crippen molar-refractivity contribution in [2.24, 2.45) is 0 Å². The average Bonchev–Trinajstić information content (AvgIpc) is 2.66. The van der Waals surface area contributed by atoms with E-state index in [1.165, 1.54) is 25.7 Å². The summed E-state index contributed by atoms with van der Waals surface area (Å²) in [5, 5.41) is 14.4. The van der Waals surface area contributed by atoms with Gasteiger partial charge in [-0.1, -0.05) is 25.0 Å². The van der Waals surface area contributed by atoms with Crippen LogP contribution >= 0.6 is 0 Å². The Hall–Kier alpha value is -1.62. The molecule has 1 fully saturated rings. The molecule has 0 aliphatic carbocycles. The van der Waals surface area contributed by atoms with E-state index in [2.05, 4.69) is 17.1 Å². The van der Waals surface area contributed by atoms with Crippen LogP contribution in [0.5, 0.6) is 0 Å². The van der Waals surface area contributed by atoms with E-state index in [1.54, 1.807) is 12.1 Å². The Morgan fingerprint density at radius 2 is 2.19 bits per heavy atom. The van der Waals surface area contributed by atoms with Gasteiger partial charge in [-0.05, 0) is 38.8 Å². The molecule has 116 valence electrons. The lowest BCUT2D eigenvalue weighted by Crippen LogP contribution is -2.32.